The monoisotopic (exact) mass is 270 g/mol. The van der Waals surface area contributed by atoms with Crippen molar-refractivity contribution in [1.82, 2.24) is 9.80 Å². The highest BCUT2D eigenvalue weighted by molar-refractivity contribution is 5.78. The first kappa shape index (κ1) is 16.0. The molecule has 1 rings (SSSR count). The second-order valence-electron chi connectivity index (χ2n) is 5.44. The lowest BCUT2D eigenvalue weighted by Gasteiger charge is -2.36. The molecule has 0 radical (unpaired) electrons. The highest BCUT2D eigenvalue weighted by atomic mass is 16.4. The van der Waals surface area contributed by atoms with Gasteiger partial charge in [0, 0.05) is 18.6 Å². The van der Waals surface area contributed by atoms with Crippen molar-refractivity contribution < 1.29 is 14.7 Å². The molecule has 1 N–H and O–H groups in total. The number of hydrogen-bond donors (Lipinski definition) is 1. The van der Waals surface area contributed by atoms with Crippen molar-refractivity contribution in [2.24, 2.45) is 0 Å². The SMILES string of the molecule is CCN(CC(=O)N1CCCCC1C)C(C)CC(=O)O. The van der Waals surface area contributed by atoms with Crippen LogP contribution in [0.15, 0.2) is 0 Å². The predicted molar refractivity (Wildman–Crippen MR) is 74.0 cm³/mol. The summed E-state index contributed by atoms with van der Waals surface area (Å²) in [6.45, 7) is 7.78. The maximum absolute atomic E-state index is 12.3. The van der Waals surface area contributed by atoms with E-state index in [2.05, 4.69) is 6.92 Å². The summed E-state index contributed by atoms with van der Waals surface area (Å²) < 4.78 is 0. The van der Waals surface area contributed by atoms with Crippen LogP contribution in [0, 0.1) is 0 Å². The maximum Gasteiger partial charge on any atom is 0.304 e. The van der Waals surface area contributed by atoms with E-state index in [1.165, 1.54) is 6.42 Å². The number of likely N-dealkylation sites (N-methyl/N-ethyl adjacent to an activating group) is 1. The molecule has 0 aromatic rings. The highest BCUT2D eigenvalue weighted by Crippen LogP contribution is 2.17. The second kappa shape index (κ2) is 7.48. The normalized spacial score (nSPS) is 21.5. The summed E-state index contributed by atoms with van der Waals surface area (Å²) in [6, 6.07) is 0.210. The lowest BCUT2D eigenvalue weighted by molar-refractivity contribution is -0.141. The molecule has 1 amide bonds. The van der Waals surface area contributed by atoms with Crippen LogP contribution in [0.2, 0.25) is 0 Å². The summed E-state index contributed by atoms with van der Waals surface area (Å²) in [4.78, 5) is 26.9. The van der Waals surface area contributed by atoms with Gasteiger partial charge in [-0.25, -0.2) is 0 Å². The molecule has 1 heterocycles. The molecule has 2 atom stereocenters. The number of nitrogens with zero attached hydrogens (tertiary/aromatic N) is 2. The molecule has 0 aromatic heterocycles. The number of carboxylic acids is 1. The predicted octanol–water partition coefficient (Wildman–Crippen LogP) is 1.57. The van der Waals surface area contributed by atoms with Gasteiger partial charge < -0.3 is 10.0 Å². The fourth-order valence-corrected chi connectivity index (χ4v) is 2.69. The smallest absolute Gasteiger partial charge is 0.304 e. The molecule has 110 valence electrons. The first-order valence-electron chi connectivity index (χ1n) is 7.21. The van der Waals surface area contributed by atoms with Crippen LogP contribution < -0.4 is 0 Å². The number of carboxylic acid groups (broad SMARTS) is 1. The molecule has 5 heteroatoms. The first-order valence-corrected chi connectivity index (χ1v) is 7.21. The Labute approximate surface area is 115 Å². The zero-order valence-electron chi connectivity index (χ0n) is 12.3. The van der Waals surface area contributed by atoms with Gasteiger partial charge >= 0.3 is 5.97 Å². The third-order valence-corrected chi connectivity index (χ3v) is 3.96. The van der Waals surface area contributed by atoms with Gasteiger partial charge in [-0.15, -0.1) is 0 Å². The van der Waals surface area contributed by atoms with Crippen LogP contribution in [0.4, 0.5) is 0 Å². The lowest BCUT2D eigenvalue weighted by Crippen LogP contribution is -2.48. The third kappa shape index (κ3) is 4.82. The van der Waals surface area contributed by atoms with E-state index in [0.29, 0.717) is 19.1 Å². The number of piperidine rings is 1. The van der Waals surface area contributed by atoms with Crippen molar-refractivity contribution in [2.75, 3.05) is 19.6 Å². The van der Waals surface area contributed by atoms with Crippen molar-refractivity contribution in [3.8, 4) is 0 Å². The summed E-state index contributed by atoms with van der Waals surface area (Å²) in [5, 5.41) is 8.83. The van der Waals surface area contributed by atoms with E-state index in [9.17, 15) is 9.59 Å². The molecule has 1 saturated heterocycles. The summed E-state index contributed by atoms with van der Waals surface area (Å²) in [6.07, 6.45) is 3.42. The van der Waals surface area contributed by atoms with Gasteiger partial charge in [0.2, 0.25) is 5.91 Å². The van der Waals surface area contributed by atoms with Gasteiger partial charge in [-0.1, -0.05) is 6.92 Å². The van der Waals surface area contributed by atoms with Gasteiger partial charge in [0.25, 0.3) is 0 Å². The number of hydrogen-bond acceptors (Lipinski definition) is 3. The average molecular weight is 270 g/mol. The Morgan fingerprint density at radius 2 is 2.11 bits per heavy atom. The van der Waals surface area contributed by atoms with Gasteiger partial charge in [0.05, 0.1) is 13.0 Å². The van der Waals surface area contributed by atoms with Crippen LogP contribution in [0.25, 0.3) is 0 Å². The lowest BCUT2D eigenvalue weighted by atomic mass is 10.0. The van der Waals surface area contributed by atoms with E-state index in [0.717, 1.165) is 19.4 Å². The Balaban J connectivity index is 2.54. The Morgan fingerprint density at radius 3 is 2.63 bits per heavy atom. The first-order chi connectivity index (χ1) is 8.95. The maximum atomic E-state index is 12.3. The van der Waals surface area contributed by atoms with Gasteiger partial charge in [-0.3, -0.25) is 14.5 Å². The van der Waals surface area contributed by atoms with Crippen LogP contribution in [-0.4, -0.2) is 58.5 Å². The van der Waals surface area contributed by atoms with Gasteiger partial charge in [-0.2, -0.15) is 0 Å². The fourth-order valence-electron chi connectivity index (χ4n) is 2.69. The largest absolute Gasteiger partial charge is 0.481 e. The van der Waals surface area contributed by atoms with E-state index >= 15 is 0 Å². The summed E-state index contributed by atoms with van der Waals surface area (Å²) in [5.41, 5.74) is 0. The minimum Gasteiger partial charge on any atom is -0.481 e. The van der Waals surface area contributed by atoms with Gasteiger partial charge in [-0.05, 0) is 39.7 Å². The molecule has 1 aliphatic rings. The molecule has 1 aliphatic heterocycles. The van der Waals surface area contributed by atoms with Crippen molar-refractivity contribution in [3.63, 3.8) is 0 Å². The Kier molecular flexibility index (Phi) is 6.28. The number of aliphatic carboxylic acids is 1. The Hall–Kier alpha value is -1.10. The quantitative estimate of drug-likeness (QED) is 0.796. The topological polar surface area (TPSA) is 60.9 Å². The number of carbonyl (C=O) groups excluding carboxylic acids is 1. The molecule has 5 nitrogen and oxygen atoms in total. The minimum absolute atomic E-state index is 0.0800. The third-order valence-electron chi connectivity index (χ3n) is 3.96. The zero-order valence-corrected chi connectivity index (χ0v) is 12.3. The van der Waals surface area contributed by atoms with E-state index in [1.807, 2.05) is 23.6 Å². The Bertz CT molecular complexity index is 320. The summed E-state index contributed by atoms with van der Waals surface area (Å²) in [5.74, 6) is -0.684. The molecular formula is C14H26N2O3. The Morgan fingerprint density at radius 1 is 1.42 bits per heavy atom. The van der Waals surface area contributed by atoms with E-state index < -0.39 is 5.97 Å². The molecule has 0 saturated carbocycles. The number of amides is 1. The molecule has 19 heavy (non-hydrogen) atoms. The van der Waals surface area contributed by atoms with Crippen LogP contribution in [-0.2, 0) is 9.59 Å². The molecule has 0 aromatic carbocycles. The zero-order chi connectivity index (χ0) is 14.4. The van der Waals surface area contributed by atoms with Crippen LogP contribution in [0.3, 0.4) is 0 Å². The van der Waals surface area contributed by atoms with E-state index in [-0.39, 0.29) is 18.4 Å². The second-order valence-corrected chi connectivity index (χ2v) is 5.44. The molecule has 0 spiro atoms. The minimum atomic E-state index is -0.815. The van der Waals surface area contributed by atoms with E-state index in [1.54, 1.807) is 0 Å². The van der Waals surface area contributed by atoms with Gasteiger partial charge in [0.15, 0.2) is 0 Å². The highest BCUT2D eigenvalue weighted by Gasteiger charge is 2.26. The average Bonchev–Trinajstić information content (AvgIpc) is 2.35. The van der Waals surface area contributed by atoms with Crippen LogP contribution in [0.5, 0.6) is 0 Å². The standard InChI is InChI=1S/C14H26N2O3/c1-4-15(12(3)9-14(18)19)10-13(17)16-8-6-5-7-11(16)2/h11-12H,4-10H2,1-3H3,(H,18,19). The van der Waals surface area contributed by atoms with Crippen molar-refractivity contribution in [3.05, 3.63) is 0 Å². The molecule has 0 bridgehead atoms. The summed E-state index contributed by atoms with van der Waals surface area (Å²) in [7, 11) is 0. The number of carbonyl (C=O) groups is 2. The summed E-state index contributed by atoms with van der Waals surface area (Å²) >= 11 is 0. The fraction of sp³-hybridized carbons (Fsp3) is 0.857. The molecule has 1 fully saturated rings. The molecule has 0 aliphatic carbocycles. The van der Waals surface area contributed by atoms with Crippen LogP contribution >= 0.6 is 0 Å². The van der Waals surface area contributed by atoms with Crippen LogP contribution in [0.1, 0.15) is 46.5 Å². The van der Waals surface area contributed by atoms with Crippen molar-refractivity contribution >= 4 is 11.9 Å². The van der Waals surface area contributed by atoms with Gasteiger partial charge in [0.1, 0.15) is 0 Å². The molecule has 2 unspecified atom stereocenters. The van der Waals surface area contributed by atoms with Crippen molar-refractivity contribution in [1.29, 1.82) is 0 Å². The van der Waals surface area contributed by atoms with E-state index in [4.69, 9.17) is 5.11 Å². The number of rotatable bonds is 6. The number of likely N-dealkylation sites (tertiary alicyclic amines) is 1. The van der Waals surface area contributed by atoms with Crippen molar-refractivity contribution in [2.45, 2.75) is 58.5 Å². The molecular weight excluding hydrogens is 244 g/mol.